The Morgan fingerprint density at radius 3 is 0.646 bits per heavy atom. The lowest BCUT2D eigenvalue weighted by Gasteiger charge is -2.10. The van der Waals surface area contributed by atoms with E-state index in [0.29, 0.717) is 43.8 Å². The van der Waals surface area contributed by atoms with Gasteiger partial charge in [0.15, 0.2) is 0 Å². The largest absolute Gasteiger partial charge is 0.457 e. The van der Waals surface area contributed by atoms with Crippen LogP contribution in [0.1, 0.15) is 63.7 Å². The summed E-state index contributed by atoms with van der Waals surface area (Å²) in [6, 6.07) is 85.1. The Morgan fingerprint density at radius 2 is 0.438 bits per heavy atom. The van der Waals surface area contributed by atoms with Crippen molar-refractivity contribution < 1.29 is 38.1 Å². The van der Waals surface area contributed by atoms with Crippen LogP contribution in [0.3, 0.4) is 0 Å². The molecule has 3 aliphatic rings. The highest BCUT2D eigenvalue weighted by atomic mass is 16.5. The van der Waals surface area contributed by atoms with Gasteiger partial charge in [0.05, 0.1) is 44.8 Å². The SMILES string of the molecule is O=C(OCc1ccccc1)c1c2nc(c(C(=O)OCc3ccccc3)c3[nH]c(c(C(=O)OCc4ccccc4)c4nc(c(C(=O)OCc5ccccc5)c5[nH]c1c1cc6ccccc6cc51)-c1cc5ccccc5cc1-4)c1cc4ccccc4cc31)-c1cc3ccccc3cc1-2. The van der Waals surface area contributed by atoms with Crippen LogP contribution >= 0.6 is 0 Å². The number of esters is 4. The van der Waals surface area contributed by atoms with Crippen molar-refractivity contribution in [3.8, 4) is 45.0 Å². The van der Waals surface area contributed by atoms with E-state index in [1.807, 2.05) is 267 Å². The molecule has 2 N–H and O–H groups in total. The lowest BCUT2D eigenvalue weighted by atomic mass is 9.94. The van der Waals surface area contributed by atoms with Gasteiger partial charge in [-0.15, -0.1) is 0 Å². The fourth-order valence-electron chi connectivity index (χ4n) is 13.6. The first kappa shape index (κ1) is 57.1. The number of aromatic nitrogens is 4. The second-order valence-electron chi connectivity index (χ2n) is 24.1. The molecule has 0 radical (unpaired) electrons. The van der Waals surface area contributed by atoms with Crippen molar-refractivity contribution in [2.75, 3.05) is 0 Å². The molecule has 4 heterocycles. The van der Waals surface area contributed by atoms with Crippen LogP contribution in [-0.4, -0.2) is 43.8 Å². The van der Waals surface area contributed by atoms with E-state index in [-0.39, 0.29) is 93.5 Å². The first-order valence-corrected chi connectivity index (χ1v) is 31.7. The average Bonchev–Trinajstić information content (AvgIpc) is 1.55. The van der Waals surface area contributed by atoms with E-state index in [1.165, 1.54) is 0 Å². The topological polar surface area (TPSA) is 163 Å². The molecular formula is C84H54N4O8. The van der Waals surface area contributed by atoms with Crippen LogP contribution in [0.15, 0.2) is 267 Å². The molecule has 0 unspecified atom stereocenters. The van der Waals surface area contributed by atoms with E-state index < -0.39 is 23.9 Å². The maximum absolute atomic E-state index is 16.2. The summed E-state index contributed by atoms with van der Waals surface area (Å²) in [7, 11) is 0. The molecule has 12 nitrogen and oxygen atoms in total. The number of H-pyrrole nitrogens is 2. The molecule has 0 saturated heterocycles. The molecule has 12 aromatic carbocycles. The average molecular weight is 1250 g/mol. The highest BCUT2D eigenvalue weighted by Crippen LogP contribution is 2.49. The van der Waals surface area contributed by atoms with Gasteiger partial charge >= 0.3 is 23.9 Å². The van der Waals surface area contributed by atoms with Gasteiger partial charge in [0, 0.05) is 43.8 Å². The van der Waals surface area contributed by atoms with Crippen molar-refractivity contribution in [1.82, 2.24) is 19.9 Å². The molecular weight excluding hydrogens is 1190 g/mol. The Kier molecular flexibility index (Phi) is 14.1. The Morgan fingerprint density at radius 1 is 0.250 bits per heavy atom. The number of ether oxygens (including phenoxy) is 4. The first-order chi connectivity index (χ1) is 47.2. The normalized spacial score (nSPS) is 11.7. The van der Waals surface area contributed by atoms with Crippen molar-refractivity contribution in [3.63, 3.8) is 0 Å². The standard InChI is InChI=1S/C84H54N4O8/c89-81(93-45-49-21-5-1-6-22-49)69-73-61-37-53-29-13-15-31-55(53)39-63(61)75(85-73)70(82(90)94-46-50-23-7-2-8-24-50)77-65-41-57-33-17-19-35-59(57)43-67(65)79(87-77)72(84(92)96-48-52-27-11-4-12-28-52)80-68-44-60-36-20-18-34-58(60)42-66(68)78(88-80)71(83(91)95-47-51-25-9-3-10-26-51)76-64-40-56-32-16-14-30-54(56)38-62(64)74(69)86-76/h1-44,85,88H,45-48H2. The number of benzene rings is 12. The van der Waals surface area contributed by atoms with Crippen molar-refractivity contribution in [3.05, 3.63) is 311 Å². The maximum atomic E-state index is 16.2. The minimum Gasteiger partial charge on any atom is -0.457 e. The van der Waals surface area contributed by atoms with Crippen LogP contribution in [0.2, 0.25) is 0 Å². The van der Waals surface area contributed by atoms with Crippen molar-refractivity contribution in [1.29, 1.82) is 0 Å². The van der Waals surface area contributed by atoms with Gasteiger partial charge in [-0.1, -0.05) is 218 Å². The summed E-state index contributed by atoms with van der Waals surface area (Å²) in [5, 5.41) is 8.74. The van der Waals surface area contributed by atoms with Gasteiger partial charge in [0.25, 0.3) is 0 Å². The second-order valence-corrected chi connectivity index (χ2v) is 24.1. The quantitative estimate of drug-likeness (QED) is 0.0889. The monoisotopic (exact) mass is 1250 g/mol. The summed E-state index contributed by atoms with van der Waals surface area (Å²) in [4.78, 5) is 83.8. The highest BCUT2D eigenvalue weighted by molar-refractivity contribution is 6.26. The number of nitrogens with one attached hydrogen (secondary N) is 2. The third-order valence-corrected chi connectivity index (χ3v) is 18.2. The van der Waals surface area contributed by atoms with Crippen LogP contribution in [0.25, 0.3) is 132 Å². The first-order valence-electron chi connectivity index (χ1n) is 31.7. The van der Waals surface area contributed by atoms with E-state index in [9.17, 15) is 0 Å². The third-order valence-electron chi connectivity index (χ3n) is 18.2. The predicted molar refractivity (Wildman–Crippen MR) is 377 cm³/mol. The number of carbonyl (C=O) groups excluding carboxylic acids is 4. The van der Waals surface area contributed by atoms with Crippen LogP contribution in [0.5, 0.6) is 0 Å². The minimum atomic E-state index is -0.749. The van der Waals surface area contributed by atoms with Gasteiger partial charge in [-0.3, -0.25) is 0 Å². The molecule has 0 fully saturated rings. The Balaban J connectivity index is 1.12. The minimum absolute atomic E-state index is 0.0110. The smallest absolute Gasteiger partial charge is 0.342 e. The number of nitrogens with zero attached hydrogens (tertiary/aromatic N) is 2. The van der Waals surface area contributed by atoms with E-state index >= 15 is 19.2 Å². The Hall–Kier alpha value is -12.8. The molecule has 96 heavy (non-hydrogen) atoms. The Labute approximate surface area is 548 Å². The summed E-state index contributed by atoms with van der Waals surface area (Å²) in [6.07, 6.45) is 0. The van der Waals surface area contributed by atoms with E-state index in [1.54, 1.807) is 0 Å². The summed E-state index contributed by atoms with van der Waals surface area (Å²) in [6.45, 7) is -0.459. The van der Waals surface area contributed by atoms with E-state index in [4.69, 9.17) is 28.9 Å². The number of fused-ring (bicyclic) bond motifs is 4. The lowest BCUT2D eigenvalue weighted by molar-refractivity contribution is 0.0466. The Bertz CT molecular complexity index is 5210. The molecule has 14 aromatic rings. The molecule has 2 aromatic heterocycles. The van der Waals surface area contributed by atoms with Crippen LogP contribution in [0, 0.1) is 0 Å². The van der Waals surface area contributed by atoms with Crippen LogP contribution in [-0.2, 0) is 45.4 Å². The van der Waals surface area contributed by atoms with Crippen molar-refractivity contribution in [2.45, 2.75) is 26.4 Å². The maximum Gasteiger partial charge on any atom is 0.342 e. The highest BCUT2D eigenvalue weighted by Gasteiger charge is 2.36. The summed E-state index contributed by atoms with van der Waals surface area (Å²) in [5.41, 5.74) is 6.72. The third kappa shape index (κ3) is 10.1. The van der Waals surface area contributed by atoms with E-state index in [2.05, 4.69) is 9.97 Å². The lowest BCUT2D eigenvalue weighted by Crippen LogP contribution is -2.09. The zero-order valence-corrected chi connectivity index (χ0v) is 51.4. The molecule has 17 rings (SSSR count). The van der Waals surface area contributed by atoms with Crippen LogP contribution in [0.4, 0.5) is 0 Å². The molecule has 0 amide bonds. The van der Waals surface area contributed by atoms with Crippen LogP contribution < -0.4 is 0 Å². The summed E-state index contributed by atoms with van der Waals surface area (Å²) < 4.78 is 26.1. The van der Waals surface area contributed by atoms with Crippen molar-refractivity contribution in [2.24, 2.45) is 0 Å². The van der Waals surface area contributed by atoms with Gasteiger partial charge in [0.2, 0.25) is 0 Å². The summed E-state index contributed by atoms with van der Waals surface area (Å²) >= 11 is 0. The number of carbonyl (C=O) groups is 4. The summed E-state index contributed by atoms with van der Waals surface area (Å²) in [5.74, 6) is -3.00. The molecule has 0 saturated carbocycles. The number of hydrogen-bond donors (Lipinski definition) is 2. The van der Waals surface area contributed by atoms with Gasteiger partial charge < -0.3 is 28.9 Å². The molecule has 0 spiro atoms. The molecule has 8 bridgehead atoms. The molecule has 12 heteroatoms. The van der Waals surface area contributed by atoms with Gasteiger partial charge in [0.1, 0.15) is 48.7 Å². The zero-order chi connectivity index (χ0) is 64.4. The van der Waals surface area contributed by atoms with E-state index in [0.717, 1.165) is 65.3 Å². The zero-order valence-electron chi connectivity index (χ0n) is 51.4. The fraction of sp³-hybridized carbons (Fsp3) is 0.0476. The van der Waals surface area contributed by atoms with Gasteiger partial charge in [-0.05, 0) is 114 Å². The predicted octanol–water partition coefficient (Wildman–Crippen LogP) is 19.3. The number of rotatable bonds is 12. The molecule has 0 atom stereocenters. The second kappa shape index (κ2) is 23.7. The molecule has 458 valence electrons. The molecule has 2 aliphatic heterocycles. The van der Waals surface area contributed by atoms with Gasteiger partial charge in [-0.25, -0.2) is 29.1 Å². The fourth-order valence-corrected chi connectivity index (χ4v) is 13.6. The number of aromatic amines is 2. The number of hydrogen-bond acceptors (Lipinski definition) is 10. The molecule has 1 aliphatic carbocycles. The van der Waals surface area contributed by atoms with Crippen molar-refractivity contribution >= 4 is 111 Å². The van der Waals surface area contributed by atoms with Gasteiger partial charge in [-0.2, -0.15) is 0 Å².